The van der Waals surface area contributed by atoms with Crippen LogP contribution in [0.25, 0.3) is 0 Å². The van der Waals surface area contributed by atoms with Gasteiger partial charge in [-0.1, -0.05) is 0 Å². The highest BCUT2D eigenvalue weighted by Gasteiger charge is 2.47. The molecule has 2 aliphatic carbocycles. The number of nitrogens with two attached hydrogens (primary N) is 1. The highest BCUT2D eigenvalue weighted by molar-refractivity contribution is 5.73. The van der Waals surface area contributed by atoms with Gasteiger partial charge in [-0.25, -0.2) is 0 Å². The summed E-state index contributed by atoms with van der Waals surface area (Å²) in [7, 11) is 1.47. The van der Waals surface area contributed by atoms with Crippen LogP contribution in [0.4, 0.5) is 0 Å². The van der Waals surface area contributed by atoms with Gasteiger partial charge >= 0.3 is 5.97 Å². The van der Waals surface area contributed by atoms with Crippen LogP contribution in [0, 0.1) is 17.8 Å². The van der Waals surface area contributed by atoms with E-state index < -0.39 is 0 Å². The Kier molecular flexibility index (Phi) is 1.83. The molecule has 0 amide bonds. The van der Waals surface area contributed by atoms with Crippen molar-refractivity contribution in [2.45, 2.75) is 25.3 Å². The van der Waals surface area contributed by atoms with Crippen LogP contribution in [0.3, 0.4) is 0 Å². The molecule has 0 aliphatic heterocycles. The highest BCUT2D eigenvalue weighted by atomic mass is 16.5. The fraction of sp³-hybridized carbons (Fsp3) is 0.889. The van der Waals surface area contributed by atoms with Gasteiger partial charge in [0, 0.05) is 6.04 Å². The lowest BCUT2D eigenvalue weighted by Crippen LogP contribution is -2.32. The molecule has 2 fully saturated rings. The van der Waals surface area contributed by atoms with Gasteiger partial charge in [0.1, 0.15) is 0 Å². The van der Waals surface area contributed by atoms with Gasteiger partial charge in [-0.15, -0.1) is 0 Å². The van der Waals surface area contributed by atoms with Crippen molar-refractivity contribution in [3.63, 3.8) is 0 Å². The Labute approximate surface area is 72.3 Å². The summed E-state index contributed by atoms with van der Waals surface area (Å²) >= 11 is 0. The average Bonchev–Trinajstić information content (AvgIpc) is 2.60. The monoisotopic (exact) mass is 169 g/mol. The molecule has 0 spiro atoms. The fourth-order valence-electron chi connectivity index (χ4n) is 2.76. The van der Waals surface area contributed by atoms with Gasteiger partial charge in [0.05, 0.1) is 13.0 Å². The first-order chi connectivity index (χ1) is 5.72. The molecule has 2 bridgehead atoms. The van der Waals surface area contributed by atoms with Gasteiger partial charge in [-0.3, -0.25) is 4.79 Å². The summed E-state index contributed by atoms with van der Waals surface area (Å²) < 4.78 is 4.74. The minimum atomic E-state index is -0.0330. The van der Waals surface area contributed by atoms with Crippen molar-refractivity contribution in [3.8, 4) is 0 Å². The van der Waals surface area contributed by atoms with Crippen molar-refractivity contribution in [1.29, 1.82) is 0 Å². The Balaban J connectivity index is 2.02. The Hall–Kier alpha value is -0.570. The summed E-state index contributed by atoms with van der Waals surface area (Å²) in [6, 6.07) is 0.343. The number of hydrogen-bond acceptors (Lipinski definition) is 3. The zero-order valence-corrected chi connectivity index (χ0v) is 7.32. The Bertz CT molecular complexity index is 203. The Morgan fingerprint density at radius 1 is 1.33 bits per heavy atom. The number of hydrogen-bond donors (Lipinski definition) is 1. The minimum absolute atomic E-state index is 0.0330. The van der Waals surface area contributed by atoms with E-state index in [1.54, 1.807) is 0 Å². The molecule has 3 heteroatoms. The maximum Gasteiger partial charge on any atom is 0.308 e. The van der Waals surface area contributed by atoms with Crippen LogP contribution in [-0.2, 0) is 9.53 Å². The van der Waals surface area contributed by atoms with Crippen molar-refractivity contribution < 1.29 is 9.53 Å². The maximum atomic E-state index is 11.2. The summed E-state index contributed by atoms with van der Waals surface area (Å²) in [5.41, 5.74) is 5.87. The van der Waals surface area contributed by atoms with Crippen LogP contribution in [-0.4, -0.2) is 19.1 Å². The van der Waals surface area contributed by atoms with Gasteiger partial charge in [-0.2, -0.15) is 0 Å². The SMILES string of the molecule is COC(=O)[C@@H]1C[C@H]2C[C@@H]1CC2N. The van der Waals surface area contributed by atoms with Gasteiger partial charge < -0.3 is 10.5 Å². The molecule has 2 N–H and O–H groups in total. The normalized spacial score (nSPS) is 44.8. The lowest BCUT2D eigenvalue weighted by atomic mass is 9.86. The first-order valence-corrected chi connectivity index (χ1v) is 4.55. The number of ether oxygens (including phenoxy) is 1. The molecule has 4 atom stereocenters. The maximum absolute atomic E-state index is 11.2. The van der Waals surface area contributed by atoms with Crippen LogP contribution < -0.4 is 5.73 Å². The van der Waals surface area contributed by atoms with E-state index in [1.165, 1.54) is 7.11 Å². The van der Waals surface area contributed by atoms with Gasteiger partial charge in [0.15, 0.2) is 0 Å². The van der Waals surface area contributed by atoms with E-state index in [9.17, 15) is 4.79 Å². The highest BCUT2D eigenvalue weighted by Crippen LogP contribution is 2.47. The molecule has 0 radical (unpaired) electrons. The predicted molar refractivity (Wildman–Crippen MR) is 44.3 cm³/mol. The topological polar surface area (TPSA) is 52.3 Å². The second-order valence-electron chi connectivity index (χ2n) is 4.02. The van der Waals surface area contributed by atoms with Crippen LogP contribution in [0.15, 0.2) is 0 Å². The van der Waals surface area contributed by atoms with Crippen LogP contribution in [0.2, 0.25) is 0 Å². The number of carbonyl (C=O) groups is 1. The van der Waals surface area contributed by atoms with Crippen molar-refractivity contribution in [1.82, 2.24) is 0 Å². The largest absolute Gasteiger partial charge is 0.469 e. The van der Waals surface area contributed by atoms with Gasteiger partial charge in [-0.05, 0) is 31.1 Å². The van der Waals surface area contributed by atoms with Crippen LogP contribution in [0.5, 0.6) is 0 Å². The lowest BCUT2D eigenvalue weighted by molar-refractivity contribution is -0.147. The number of fused-ring (bicyclic) bond motifs is 2. The molecule has 12 heavy (non-hydrogen) atoms. The van der Waals surface area contributed by atoms with E-state index in [0.29, 0.717) is 17.9 Å². The van der Waals surface area contributed by atoms with E-state index >= 15 is 0 Å². The summed E-state index contributed by atoms with van der Waals surface area (Å²) in [5, 5.41) is 0. The average molecular weight is 169 g/mol. The fourth-order valence-corrected chi connectivity index (χ4v) is 2.76. The first-order valence-electron chi connectivity index (χ1n) is 4.55. The number of esters is 1. The van der Waals surface area contributed by atoms with Crippen molar-refractivity contribution in [2.75, 3.05) is 7.11 Å². The molecule has 0 saturated heterocycles. The van der Waals surface area contributed by atoms with E-state index in [-0.39, 0.29) is 11.9 Å². The summed E-state index contributed by atoms with van der Waals surface area (Å²) in [4.78, 5) is 11.2. The van der Waals surface area contributed by atoms with E-state index in [4.69, 9.17) is 10.5 Å². The third kappa shape index (κ3) is 1.04. The minimum Gasteiger partial charge on any atom is -0.469 e. The van der Waals surface area contributed by atoms with Gasteiger partial charge in [0.2, 0.25) is 0 Å². The number of carbonyl (C=O) groups excluding carboxylic acids is 1. The lowest BCUT2D eigenvalue weighted by Gasteiger charge is -2.23. The molecular weight excluding hydrogens is 154 g/mol. The predicted octanol–water partition coefficient (Wildman–Crippen LogP) is 0.533. The molecule has 0 aromatic heterocycles. The van der Waals surface area contributed by atoms with Crippen LogP contribution in [0.1, 0.15) is 19.3 Å². The third-order valence-corrected chi connectivity index (χ3v) is 3.42. The molecule has 2 saturated carbocycles. The van der Waals surface area contributed by atoms with Crippen LogP contribution >= 0.6 is 0 Å². The Morgan fingerprint density at radius 3 is 2.50 bits per heavy atom. The Morgan fingerprint density at radius 2 is 2.08 bits per heavy atom. The third-order valence-electron chi connectivity index (χ3n) is 3.42. The summed E-state index contributed by atoms with van der Waals surface area (Å²) in [6.07, 6.45) is 3.11. The zero-order valence-electron chi connectivity index (χ0n) is 7.32. The van der Waals surface area contributed by atoms with Crippen molar-refractivity contribution >= 4 is 5.97 Å². The molecule has 68 valence electrons. The molecule has 2 rings (SSSR count). The molecule has 1 unspecified atom stereocenters. The molecule has 2 aliphatic rings. The zero-order chi connectivity index (χ0) is 8.72. The molecular formula is C9H15NO2. The second kappa shape index (κ2) is 2.73. The molecule has 0 heterocycles. The van der Waals surface area contributed by atoms with Gasteiger partial charge in [0.25, 0.3) is 0 Å². The van der Waals surface area contributed by atoms with E-state index in [2.05, 4.69) is 0 Å². The first kappa shape index (κ1) is 8.05. The summed E-state index contributed by atoms with van der Waals surface area (Å²) in [6.45, 7) is 0. The van der Waals surface area contributed by atoms with Crippen molar-refractivity contribution in [2.24, 2.45) is 23.5 Å². The molecule has 3 nitrogen and oxygen atoms in total. The second-order valence-corrected chi connectivity index (χ2v) is 4.02. The summed E-state index contributed by atoms with van der Waals surface area (Å²) in [5.74, 6) is 1.21. The van der Waals surface area contributed by atoms with E-state index in [1.807, 2.05) is 0 Å². The molecule has 0 aromatic carbocycles. The smallest absolute Gasteiger partial charge is 0.308 e. The number of rotatable bonds is 1. The van der Waals surface area contributed by atoms with E-state index in [0.717, 1.165) is 19.3 Å². The van der Waals surface area contributed by atoms with Crippen molar-refractivity contribution in [3.05, 3.63) is 0 Å². The number of methoxy groups -OCH3 is 1. The standard InChI is InChI=1S/C9H15NO2/c1-12-9(11)7-3-6-2-5(7)4-8(6)10/h5-8H,2-4,10H2,1H3/t5-,6-,7-,8?/m1/s1. The quantitative estimate of drug-likeness (QED) is 0.583. The molecule has 0 aromatic rings.